The molecule has 1 aliphatic heterocycles. The first-order chi connectivity index (χ1) is 10.6. The molecule has 0 bridgehead atoms. The highest BCUT2D eigenvalue weighted by Crippen LogP contribution is 2.27. The van der Waals surface area contributed by atoms with Crippen molar-refractivity contribution in [3.05, 3.63) is 24.3 Å². The number of alkyl halides is 2. The van der Waals surface area contributed by atoms with Gasteiger partial charge in [0.25, 0.3) is 5.76 Å². The Labute approximate surface area is 133 Å². The molecular weight excluding hydrogens is 310 g/mol. The van der Waals surface area contributed by atoms with Crippen LogP contribution in [0, 0.1) is 0 Å². The van der Waals surface area contributed by atoms with Gasteiger partial charge in [0, 0.05) is 30.3 Å². The molecule has 1 aromatic rings. The number of ether oxygens (including phenoxy) is 1. The molecule has 1 aliphatic rings. The van der Waals surface area contributed by atoms with Crippen LogP contribution >= 0.6 is 11.8 Å². The van der Waals surface area contributed by atoms with Crippen LogP contribution in [-0.4, -0.2) is 42.5 Å². The molecule has 0 aliphatic carbocycles. The zero-order chi connectivity index (χ0) is 15.9. The highest BCUT2D eigenvalue weighted by atomic mass is 32.2. The molecule has 0 radical (unpaired) electrons. The number of anilines is 1. The van der Waals surface area contributed by atoms with Gasteiger partial charge in [-0.1, -0.05) is 17.8 Å². The summed E-state index contributed by atoms with van der Waals surface area (Å²) in [4.78, 5) is 14.3. The number of amides is 2. The van der Waals surface area contributed by atoms with Gasteiger partial charge >= 0.3 is 6.03 Å². The molecular formula is C15H20F2N2O2S. The minimum Gasteiger partial charge on any atom is -0.378 e. The van der Waals surface area contributed by atoms with Crippen LogP contribution in [0.5, 0.6) is 0 Å². The predicted octanol–water partition coefficient (Wildman–Crippen LogP) is 4.03. The van der Waals surface area contributed by atoms with Crippen LogP contribution in [0.15, 0.2) is 29.2 Å². The van der Waals surface area contributed by atoms with E-state index in [0.717, 1.165) is 12.8 Å². The lowest BCUT2D eigenvalue weighted by Gasteiger charge is -2.31. The zero-order valence-corrected chi connectivity index (χ0v) is 13.2. The Kier molecular flexibility index (Phi) is 6.45. The van der Waals surface area contributed by atoms with Gasteiger partial charge in [0.2, 0.25) is 0 Å². The average molecular weight is 330 g/mol. The van der Waals surface area contributed by atoms with Crippen LogP contribution in [0.3, 0.4) is 0 Å². The van der Waals surface area contributed by atoms with Crippen molar-refractivity contribution in [2.24, 2.45) is 0 Å². The molecule has 122 valence electrons. The number of carbonyl (C=O) groups is 1. The summed E-state index contributed by atoms with van der Waals surface area (Å²) >= 11 is 0.466. The molecule has 0 unspecified atom stereocenters. The Morgan fingerprint density at radius 3 is 2.82 bits per heavy atom. The lowest BCUT2D eigenvalue weighted by atomic mass is 10.1. The molecule has 4 nitrogen and oxygen atoms in total. The number of likely N-dealkylation sites (tertiary alicyclic amines) is 1. The molecule has 1 N–H and O–H groups in total. The molecule has 1 fully saturated rings. The third kappa shape index (κ3) is 5.14. The number of hydrogen-bond acceptors (Lipinski definition) is 3. The van der Waals surface area contributed by atoms with Crippen molar-refractivity contribution in [3.8, 4) is 0 Å². The van der Waals surface area contributed by atoms with Crippen molar-refractivity contribution in [1.82, 2.24) is 4.90 Å². The number of rotatable bonds is 5. The summed E-state index contributed by atoms with van der Waals surface area (Å²) in [5, 5.41) is 2.76. The van der Waals surface area contributed by atoms with E-state index >= 15 is 0 Å². The van der Waals surface area contributed by atoms with E-state index in [9.17, 15) is 13.6 Å². The molecule has 0 atom stereocenters. The molecule has 1 saturated heterocycles. The molecule has 7 heteroatoms. The van der Waals surface area contributed by atoms with Gasteiger partial charge in [-0.25, -0.2) is 4.79 Å². The molecule has 2 amide bonds. The Morgan fingerprint density at radius 2 is 2.18 bits per heavy atom. The summed E-state index contributed by atoms with van der Waals surface area (Å²) < 4.78 is 30.3. The third-order valence-corrected chi connectivity index (χ3v) is 4.15. The number of urea groups is 1. The van der Waals surface area contributed by atoms with E-state index < -0.39 is 5.76 Å². The van der Waals surface area contributed by atoms with Gasteiger partial charge in [-0.2, -0.15) is 8.78 Å². The largest absolute Gasteiger partial charge is 0.378 e. The maximum Gasteiger partial charge on any atom is 0.321 e. The van der Waals surface area contributed by atoms with E-state index in [1.165, 1.54) is 0 Å². The van der Waals surface area contributed by atoms with Crippen LogP contribution in [0.4, 0.5) is 19.3 Å². The van der Waals surface area contributed by atoms with Crippen LogP contribution in [0.2, 0.25) is 0 Å². The van der Waals surface area contributed by atoms with Crippen molar-refractivity contribution < 1.29 is 18.3 Å². The summed E-state index contributed by atoms with van der Waals surface area (Å²) in [7, 11) is 0. The maximum atomic E-state index is 12.4. The number of hydrogen-bond donors (Lipinski definition) is 1. The maximum absolute atomic E-state index is 12.4. The predicted molar refractivity (Wildman–Crippen MR) is 83.5 cm³/mol. The lowest BCUT2D eigenvalue weighted by Crippen LogP contribution is -2.43. The lowest BCUT2D eigenvalue weighted by molar-refractivity contribution is 0.0232. The first-order valence-corrected chi connectivity index (χ1v) is 8.19. The van der Waals surface area contributed by atoms with E-state index in [1.807, 2.05) is 6.92 Å². The normalized spacial score (nSPS) is 16.1. The van der Waals surface area contributed by atoms with E-state index in [2.05, 4.69) is 5.32 Å². The Bertz CT molecular complexity index is 494. The second-order valence-corrected chi connectivity index (χ2v) is 6.04. The minimum atomic E-state index is -2.47. The van der Waals surface area contributed by atoms with Gasteiger partial charge in [-0.15, -0.1) is 0 Å². The molecule has 0 saturated carbocycles. The third-order valence-electron chi connectivity index (χ3n) is 3.44. The number of halogens is 2. The number of piperidine rings is 1. The Balaban J connectivity index is 1.87. The Hall–Kier alpha value is -1.34. The van der Waals surface area contributed by atoms with Crippen LogP contribution in [-0.2, 0) is 4.74 Å². The summed E-state index contributed by atoms with van der Waals surface area (Å²) in [6.45, 7) is 3.93. The molecule has 22 heavy (non-hydrogen) atoms. The fourth-order valence-corrected chi connectivity index (χ4v) is 2.97. The van der Waals surface area contributed by atoms with Crippen molar-refractivity contribution in [2.75, 3.05) is 25.0 Å². The van der Waals surface area contributed by atoms with Crippen molar-refractivity contribution >= 4 is 23.5 Å². The van der Waals surface area contributed by atoms with Crippen molar-refractivity contribution in [2.45, 2.75) is 36.5 Å². The first kappa shape index (κ1) is 17.0. The van der Waals surface area contributed by atoms with E-state index in [4.69, 9.17) is 4.74 Å². The number of carbonyl (C=O) groups excluding carboxylic acids is 1. The fraction of sp³-hybridized carbons (Fsp3) is 0.533. The highest BCUT2D eigenvalue weighted by molar-refractivity contribution is 7.99. The molecule has 2 rings (SSSR count). The molecule has 0 spiro atoms. The fourth-order valence-electron chi connectivity index (χ4n) is 2.41. The summed E-state index contributed by atoms with van der Waals surface area (Å²) in [5.41, 5.74) is 0.530. The summed E-state index contributed by atoms with van der Waals surface area (Å²) in [6, 6.07) is 6.30. The minimum absolute atomic E-state index is 0.200. The van der Waals surface area contributed by atoms with Crippen LogP contribution < -0.4 is 5.32 Å². The van der Waals surface area contributed by atoms with Gasteiger partial charge in [-0.3, -0.25) is 0 Å². The van der Waals surface area contributed by atoms with Crippen molar-refractivity contribution in [1.29, 1.82) is 0 Å². The zero-order valence-electron chi connectivity index (χ0n) is 12.4. The standard InChI is InChI=1S/C15H20F2N2O2S/c1-2-21-12-6-8-19(9-7-12)15(20)18-11-4-3-5-13(10-11)22-14(16)17/h3-5,10,12,14H,2,6-9H2,1H3,(H,18,20). The summed E-state index contributed by atoms with van der Waals surface area (Å²) in [5.74, 6) is -2.47. The van der Waals surface area contributed by atoms with Gasteiger partial charge in [0.15, 0.2) is 0 Å². The monoisotopic (exact) mass is 330 g/mol. The highest BCUT2D eigenvalue weighted by Gasteiger charge is 2.23. The van der Waals surface area contributed by atoms with Gasteiger partial charge in [0.1, 0.15) is 0 Å². The number of thioether (sulfide) groups is 1. The van der Waals surface area contributed by atoms with Crippen LogP contribution in [0.25, 0.3) is 0 Å². The topological polar surface area (TPSA) is 41.6 Å². The number of benzene rings is 1. The second-order valence-electron chi connectivity index (χ2n) is 4.98. The summed E-state index contributed by atoms with van der Waals surface area (Å²) in [6.07, 6.45) is 1.87. The van der Waals surface area contributed by atoms with Gasteiger partial charge in [0.05, 0.1) is 6.10 Å². The first-order valence-electron chi connectivity index (χ1n) is 7.31. The number of nitrogens with one attached hydrogen (secondary N) is 1. The van der Waals surface area contributed by atoms with E-state index in [1.54, 1.807) is 29.2 Å². The smallest absolute Gasteiger partial charge is 0.321 e. The number of nitrogens with zero attached hydrogens (tertiary/aromatic N) is 1. The Morgan fingerprint density at radius 1 is 1.45 bits per heavy atom. The van der Waals surface area contributed by atoms with Gasteiger partial charge < -0.3 is 15.0 Å². The van der Waals surface area contributed by atoms with Crippen molar-refractivity contribution in [3.63, 3.8) is 0 Å². The van der Waals surface area contributed by atoms with E-state index in [-0.39, 0.29) is 12.1 Å². The average Bonchev–Trinajstić information content (AvgIpc) is 2.48. The van der Waals surface area contributed by atoms with Crippen LogP contribution in [0.1, 0.15) is 19.8 Å². The van der Waals surface area contributed by atoms with E-state index in [0.29, 0.717) is 42.0 Å². The second kappa shape index (κ2) is 8.33. The van der Waals surface area contributed by atoms with Gasteiger partial charge in [-0.05, 0) is 38.0 Å². The molecule has 0 aromatic heterocycles. The molecule has 1 aromatic carbocycles. The SMILES string of the molecule is CCOC1CCN(C(=O)Nc2cccc(SC(F)F)c2)CC1. The molecule has 1 heterocycles. The quantitative estimate of drug-likeness (QED) is 0.829.